The monoisotopic (exact) mass is 307 g/mol. The first-order valence-corrected chi connectivity index (χ1v) is 8.30. The molecule has 0 aliphatic heterocycles. The number of amides is 1. The number of aryl methyl sites for hydroxylation is 1. The van der Waals surface area contributed by atoms with Gasteiger partial charge in [0, 0.05) is 13.5 Å². The molecule has 0 unspecified atom stereocenters. The summed E-state index contributed by atoms with van der Waals surface area (Å²) in [6.45, 7) is 5.68. The Morgan fingerprint density at radius 3 is 2.27 bits per heavy atom. The van der Waals surface area contributed by atoms with E-state index in [0.29, 0.717) is 26.1 Å². The summed E-state index contributed by atoms with van der Waals surface area (Å²) < 4.78 is 11.7. The molecule has 1 aromatic rings. The Kier molecular flexibility index (Phi) is 9.12. The molecule has 1 N–H and O–H groups in total. The third-order valence-corrected chi connectivity index (χ3v) is 3.44. The number of benzene rings is 1. The van der Waals surface area contributed by atoms with Crippen molar-refractivity contribution in [3.63, 3.8) is 0 Å². The quantitative estimate of drug-likeness (QED) is 0.634. The van der Waals surface area contributed by atoms with E-state index in [1.807, 2.05) is 18.2 Å². The second kappa shape index (κ2) is 10.9. The van der Waals surface area contributed by atoms with E-state index in [4.69, 9.17) is 9.47 Å². The van der Waals surface area contributed by atoms with Gasteiger partial charge < -0.3 is 14.8 Å². The van der Waals surface area contributed by atoms with Crippen molar-refractivity contribution in [1.29, 1.82) is 0 Å². The highest BCUT2D eigenvalue weighted by Gasteiger charge is 2.08. The van der Waals surface area contributed by atoms with Gasteiger partial charge in [0.2, 0.25) is 5.91 Å². The lowest BCUT2D eigenvalue weighted by atomic mass is 10.1. The molecule has 1 amide bonds. The molecule has 124 valence electrons. The molecule has 4 heteroatoms. The minimum atomic E-state index is 0.0525. The van der Waals surface area contributed by atoms with E-state index < -0.39 is 0 Å². The van der Waals surface area contributed by atoms with Crippen molar-refractivity contribution in [2.24, 2.45) is 0 Å². The fraction of sp³-hybridized carbons (Fsp3) is 0.611. The fourth-order valence-electron chi connectivity index (χ4n) is 1.98. The Bertz CT molecular complexity index is 446. The highest BCUT2D eigenvalue weighted by atomic mass is 16.5. The molecule has 1 aromatic carbocycles. The van der Waals surface area contributed by atoms with Gasteiger partial charge >= 0.3 is 0 Å². The van der Waals surface area contributed by atoms with E-state index in [2.05, 4.69) is 19.2 Å². The van der Waals surface area contributed by atoms with E-state index in [1.54, 1.807) is 7.05 Å². The molecule has 22 heavy (non-hydrogen) atoms. The third-order valence-electron chi connectivity index (χ3n) is 3.44. The highest BCUT2D eigenvalue weighted by molar-refractivity contribution is 5.75. The summed E-state index contributed by atoms with van der Waals surface area (Å²) in [4.78, 5) is 11.4. The molecule has 0 radical (unpaired) electrons. The first-order chi connectivity index (χ1) is 10.7. The zero-order valence-electron chi connectivity index (χ0n) is 14.1. The fourth-order valence-corrected chi connectivity index (χ4v) is 1.98. The van der Waals surface area contributed by atoms with Crippen LogP contribution in [0.25, 0.3) is 0 Å². The van der Waals surface area contributed by atoms with Crippen molar-refractivity contribution >= 4 is 5.91 Å². The van der Waals surface area contributed by atoms with Crippen molar-refractivity contribution < 1.29 is 14.3 Å². The van der Waals surface area contributed by atoms with Crippen LogP contribution in [0.15, 0.2) is 18.2 Å². The Hall–Kier alpha value is -1.71. The average molecular weight is 307 g/mol. The first kappa shape index (κ1) is 18.3. The smallest absolute Gasteiger partial charge is 0.220 e. The Labute approximate surface area is 134 Å². The van der Waals surface area contributed by atoms with Gasteiger partial charge in [-0.25, -0.2) is 0 Å². The average Bonchev–Trinajstić information content (AvgIpc) is 2.54. The Morgan fingerprint density at radius 2 is 1.68 bits per heavy atom. The van der Waals surface area contributed by atoms with Crippen LogP contribution >= 0.6 is 0 Å². The van der Waals surface area contributed by atoms with Crippen molar-refractivity contribution in [1.82, 2.24) is 5.32 Å². The predicted molar refractivity (Wildman–Crippen MR) is 89.6 cm³/mol. The molecule has 0 aromatic heterocycles. The van der Waals surface area contributed by atoms with Crippen LogP contribution in [0.2, 0.25) is 0 Å². The maximum Gasteiger partial charge on any atom is 0.220 e. The van der Waals surface area contributed by atoms with E-state index in [0.717, 1.165) is 42.7 Å². The molecule has 0 saturated heterocycles. The summed E-state index contributed by atoms with van der Waals surface area (Å²) in [6, 6.07) is 5.97. The largest absolute Gasteiger partial charge is 0.490 e. The van der Waals surface area contributed by atoms with E-state index in [-0.39, 0.29) is 5.91 Å². The van der Waals surface area contributed by atoms with Gasteiger partial charge in [-0.05, 0) is 37.0 Å². The minimum Gasteiger partial charge on any atom is -0.490 e. The number of ether oxygens (including phenoxy) is 2. The summed E-state index contributed by atoms with van der Waals surface area (Å²) >= 11 is 0. The van der Waals surface area contributed by atoms with Crippen molar-refractivity contribution in [3.8, 4) is 11.5 Å². The number of unbranched alkanes of at least 4 members (excludes halogenated alkanes) is 2. The molecule has 0 spiro atoms. The SMILES string of the molecule is CCCCOc1ccc(CCC(=O)NC)cc1OCCCC. The number of carbonyl (C=O) groups is 1. The summed E-state index contributed by atoms with van der Waals surface area (Å²) in [7, 11) is 1.66. The van der Waals surface area contributed by atoms with Gasteiger partial charge in [0.25, 0.3) is 0 Å². The lowest BCUT2D eigenvalue weighted by Crippen LogP contribution is -2.17. The summed E-state index contributed by atoms with van der Waals surface area (Å²) in [5, 5.41) is 2.64. The van der Waals surface area contributed by atoms with Gasteiger partial charge in [0.1, 0.15) is 0 Å². The molecule has 0 saturated carbocycles. The second-order valence-electron chi connectivity index (χ2n) is 5.36. The zero-order valence-corrected chi connectivity index (χ0v) is 14.1. The number of carbonyl (C=O) groups excluding carboxylic acids is 1. The van der Waals surface area contributed by atoms with Crippen LogP contribution in [0.3, 0.4) is 0 Å². The molecular formula is C18H29NO3. The zero-order chi connectivity index (χ0) is 16.2. The number of nitrogens with one attached hydrogen (secondary N) is 1. The lowest BCUT2D eigenvalue weighted by molar-refractivity contribution is -0.120. The van der Waals surface area contributed by atoms with Crippen LogP contribution in [-0.2, 0) is 11.2 Å². The van der Waals surface area contributed by atoms with Gasteiger partial charge in [0.15, 0.2) is 11.5 Å². The van der Waals surface area contributed by atoms with Gasteiger partial charge in [-0.2, -0.15) is 0 Å². The van der Waals surface area contributed by atoms with Crippen LogP contribution in [0, 0.1) is 0 Å². The summed E-state index contributed by atoms with van der Waals surface area (Å²) in [5.41, 5.74) is 1.10. The van der Waals surface area contributed by atoms with Gasteiger partial charge in [-0.1, -0.05) is 32.8 Å². The van der Waals surface area contributed by atoms with Crippen LogP contribution in [0.5, 0.6) is 11.5 Å². The molecule has 0 aliphatic rings. The first-order valence-electron chi connectivity index (χ1n) is 8.30. The molecule has 0 fully saturated rings. The third kappa shape index (κ3) is 6.83. The Balaban J connectivity index is 2.71. The van der Waals surface area contributed by atoms with Gasteiger partial charge in [-0.3, -0.25) is 4.79 Å². The summed E-state index contributed by atoms with van der Waals surface area (Å²) in [5.74, 6) is 1.64. The highest BCUT2D eigenvalue weighted by Crippen LogP contribution is 2.29. The Morgan fingerprint density at radius 1 is 1.05 bits per heavy atom. The van der Waals surface area contributed by atoms with Crippen LogP contribution in [0.4, 0.5) is 0 Å². The molecule has 0 aliphatic carbocycles. The van der Waals surface area contributed by atoms with Crippen molar-refractivity contribution in [3.05, 3.63) is 23.8 Å². The van der Waals surface area contributed by atoms with Crippen LogP contribution < -0.4 is 14.8 Å². The minimum absolute atomic E-state index is 0.0525. The predicted octanol–water partition coefficient (Wildman–Crippen LogP) is 3.72. The molecule has 1 rings (SSSR count). The number of hydrogen-bond donors (Lipinski definition) is 1. The maximum absolute atomic E-state index is 11.4. The number of rotatable bonds is 11. The standard InChI is InChI=1S/C18H29NO3/c1-4-6-12-21-16-10-8-15(9-11-18(20)19-3)14-17(16)22-13-7-5-2/h8,10,14H,4-7,9,11-13H2,1-3H3,(H,19,20). The molecule has 0 bridgehead atoms. The van der Waals surface area contributed by atoms with Crippen LogP contribution in [0.1, 0.15) is 51.5 Å². The maximum atomic E-state index is 11.4. The number of hydrogen-bond acceptors (Lipinski definition) is 3. The lowest BCUT2D eigenvalue weighted by Gasteiger charge is -2.14. The second-order valence-corrected chi connectivity index (χ2v) is 5.36. The topological polar surface area (TPSA) is 47.6 Å². The van der Waals surface area contributed by atoms with E-state index >= 15 is 0 Å². The normalized spacial score (nSPS) is 10.3. The van der Waals surface area contributed by atoms with E-state index in [9.17, 15) is 4.79 Å². The van der Waals surface area contributed by atoms with Gasteiger partial charge in [0.05, 0.1) is 13.2 Å². The van der Waals surface area contributed by atoms with Crippen LogP contribution in [-0.4, -0.2) is 26.2 Å². The summed E-state index contributed by atoms with van der Waals surface area (Å²) in [6.07, 6.45) is 5.46. The molecule has 0 atom stereocenters. The molecule has 4 nitrogen and oxygen atoms in total. The van der Waals surface area contributed by atoms with Crippen molar-refractivity contribution in [2.45, 2.75) is 52.4 Å². The van der Waals surface area contributed by atoms with E-state index in [1.165, 1.54) is 0 Å². The molecule has 0 heterocycles. The van der Waals surface area contributed by atoms with Gasteiger partial charge in [-0.15, -0.1) is 0 Å². The molecular weight excluding hydrogens is 278 g/mol. The van der Waals surface area contributed by atoms with Crippen molar-refractivity contribution in [2.75, 3.05) is 20.3 Å².